The van der Waals surface area contributed by atoms with Crippen LogP contribution < -0.4 is 16.0 Å². The van der Waals surface area contributed by atoms with E-state index in [2.05, 4.69) is 50.7 Å². The number of aromatic nitrogens is 1. The molecule has 6 nitrogen and oxygen atoms in total. The maximum atomic E-state index is 12.5. The molecular formula is C17H21BrN4O2S. The van der Waals surface area contributed by atoms with Gasteiger partial charge in [-0.2, -0.15) is 0 Å². The molecule has 0 saturated heterocycles. The standard InChI is InChI=1S/C17H21BrN4O2S/c1-5-10(3)21-17-20-8-14(25-17)16(24)22-13-7-11(15(23)19-4)12(18)6-9(13)2/h6-8,10H,5H2,1-4H3,(H,19,23)(H,20,21)(H,22,24)/t10-/m1/s1. The lowest BCUT2D eigenvalue weighted by Gasteiger charge is -2.11. The molecule has 0 bridgehead atoms. The SMILES string of the molecule is CC[C@@H](C)Nc1ncc(C(=O)Nc2cc(C(=O)NC)c(Br)cc2C)s1. The molecule has 8 heteroatoms. The predicted molar refractivity (Wildman–Crippen MR) is 106 cm³/mol. The molecular weight excluding hydrogens is 404 g/mol. The van der Waals surface area contributed by atoms with Crippen LogP contribution in [0.2, 0.25) is 0 Å². The largest absolute Gasteiger partial charge is 0.359 e. The van der Waals surface area contributed by atoms with Gasteiger partial charge in [0.2, 0.25) is 0 Å². The van der Waals surface area contributed by atoms with Crippen LogP contribution in [0.1, 0.15) is 45.9 Å². The number of thiazole rings is 1. The predicted octanol–water partition coefficient (Wildman–Crippen LogP) is 4.04. The number of carbonyl (C=O) groups excluding carboxylic acids is 2. The number of aryl methyl sites for hydroxylation is 1. The summed E-state index contributed by atoms with van der Waals surface area (Å²) < 4.78 is 0.681. The Morgan fingerprint density at radius 1 is 1.32 bits per heavy atom. The summed E-state index contributed by atoms with van der Waals surface area (Å²) in [5, 5.41) is 9.41. The molecule has 0 radical (unpaired) electrons. The molecule has 1 heterocycles. The first kappa shape index (κ1) is 19.4. The summed E-state index contributed by atoms with van der Waals surface area (Å²) in [5.74, 6) is -0.469. The van der Waals surface area contributed by atoms with Gasteiger partial charge in [-0.15, -0.1) is 0 Å². The fourth-order valence-electron chi connectivity index (χ4n) is 2.06. The van der Waals surface area contributed by atoms with E-state index in [1.807, 2.05) is 13.0 Å². The number of anilines is 2. The minimum atomic E-state index is -0.247. The minimum Gasteiger partial charge on any atom is -0.359 e. The number of nitrogens with one attached hydrogen (secondary N) is 3. The van der Waals surface area contributed by atoms with E-state index < -0.39 is 0 Å². The Morgan fingerprint density at radius 3 is 2.68 bits per heavy atom. The van der Waals surface area contributed by atoms with Crippen molar-refractivity contribution in [2.24, 2.45) is 0 Å². The van der Waals surface area contributed by atoms with Gasteiger partial charge in [0.05, 0.1) is 11.8 Å². The van der Waals surface area contributed by atoms with Crippen molar-refractivity contribution in [3.8, 4) is 0 Å². The number of amides is 2. The molecule has 1 aromatic carbocycles. The van der Waals surface area contributed by atoms with Gasteiger partial charge in [-0.05, 0) is 53.9 Å². The monoisotopic (exact) mass is 424 g/mol. The number of rotatable bonds is 6. The lowest BCUT2D eigenvalue weighted by atomic mass is 10.1. The van der Waals surface area contributed by atoms with Crippen molar-refractivity contribution in [3.05, 3.63) is 38.8 Å². The third-order valence-electron chi connectivity index (χ3n) is 3.75. The molecule has 25 heavy (non-hydrogen) atoms. The first-order valence-electron chi connectivity index (χ1n) is 7.91. The van der Waals surface area contributed by atoms with Crippen LogP contribution in [0, 0.1) is 6.92 Å². The van der Waals surface area contributed by atoms with Gasteiger partial charge in [-0.25, -0.2) is 4.98 Å². The molecule has 2 aromatic rings. The Bertz CT molecular complexity index is 791. The number of carbonyl (C=O) groups is 2. The zero-order valence-corrected chi connectivity index (χ0v) is 17.0. The van der Waals surface area contributed by atoms with Gasteiger partial charge in [0.25, 0.3) is 11.8 Å². The minimum absolute atomic E-state index is 0.222. The van der Waals surface area contributed by atoms with Gasteiger partial charge in [0.15, 0.2) is 5.13 Å². The molecule has 0 aliphatic heterocycles. The van der Waals surface area contributed by atoms with Crippen LogP contribution >= 0.6 is 27.3 Å². The molecule has 134 valence electrons. The molecule has 0 aliphatic rings. The average molecular weight is 425 g/mol. The van der Waals surface area contributed by atoms with Crippen LogP contribution in [0.15, 0.2) is 22.8 Å². The number of hydrogen-bond donors (Lipinski definition) is 3. The van der Waals surface area contributed by atoms with Gasteiger partial charge < -0.3 is 16.0 Å². The summed E-state index contributed by atoms with van der Waals surface area (Å²) in [6.07, 6.45) is 2.53. The number of benzene rings is 1. The third-order valence-corrected chi connectivity index (χ3v) is 5.33. The molecule has 1 atom stereocenters. The smallest absolute Gasteiger partial charge is 0.267 e. The van der Waals surface area contributed by atoms with E-state index in [9.17, 15) is 9.59 Å². The molecule has 0 aliphatic carbocycles. The Morgan fingerprint density at radius 2 is 2.04 bits per heavy atom. The molecule has 0 fully saturated rings. The summed E-state index contributed by atoms with van der Waals surface area (Å²) >= 11 is 4.68. The Kier molecular flexibility index (Phi) is 6.55. The Hall–Kier alpha value is -1.93. The average Bonchev–Trinajstić information content (AvgIpc) is 3.04. The van der Waals surface area contributed by atoms with Gasteiger partial charge in [0, 0.05) is 23.2 Å². The second-order valence-corrected chi connectivity index (χ2v) is 7.55. The highest BCUT2D eigenvalue weighted by Crippen LogP contribution is 2.27. The van der Waals surface area contributed by atoms with E-state index in [-0.39, 0.29) is 11.8 Å². The summed E-state index contributed by atoms with van der Waals surface area (Å²) in [6.45, 7) is 6.02. The van der Waals surface area contributed by atoms with E-state index in [1.54, 1.807) is 19.3 Å². The van der Waals surface area contributed by atoms with E-state index in [1.165, 1.54) is 11.3 Å². The highest BCUT2D eigenvalue weighted by atomic mass is 79.9. The first-order chi connectivity index (χ1) is 11.8. The van der Waals surface area contributed by atoms with Crippen LogP contribution in [-0.2, 0) is 0 Å². The summed E-state index contributed by atoms with van der Waals surface area (Å²) in [7, 11) is 1.57. The Balaban J connectivity index is 2.19. The molecule has 3 N–H and O–H groups in total. The van der Waals surface area contributed by atoms with Crippen molar-refractivity contribution in [1.82, 2.24) is 10.3 Å². The van der Waals surface area contributed by atoms with Crippen molar-refractivity contribution in [3.63, 3.8) is 0 Å². The van der Waals surface area contributed by atoms with E-state index in [0.717, 1.165) is 17.1 Å². The number of halogens is 1. The zero-order chi connectivity index (χ0) is 18.6. The van der Waals surface area contributed by atoms with Crippen molar-refractivity contribution >= 4 is 49.9 Å². The van der Waals surface area contributed by atoms with Crippen molar-refractivity contribution in [1.29, 1.82) is 0 Å². The normalized spacial score (nSPS) is 11.7. The van der Waals surface area contributed by atoms with Crippen LogP contribution in [0.5, 0.6) is 0 Å². The van der Waals surface area contributed by atoms with Crippen LogP contribution in [-0.4, -0.2) is 29.9 Å². The summed E-state index contributed by atoms with van der Waals surface area (Å²) in [4.78, 5) is 29.2. The second kappa shape index (κ2) is 8.44. The van der Waals surface area contributed by atoms with Crippen LogP contribution in [0.3, 0.4) is 0 Å². The van der Waals surface area contributed by atoms with E-state index in [4.69, 9.17) is 0 Å². The van der Waals surface area contributed by atoms with Gasteiger partial charge in [-0.3, -0.25) is 9.59 Å². The van der Waals surface area contributed by atoms with Gasteiger partial charge in [-0.1, -0.05) is 18.3 Å². The highest BCUT2D eigenvalue weighted by molar-refractivity contribution is 9.10. The third kappa shape index (κ3) is 4.79. The number of nitrogens with zero attached hydrogens (tertiary/aromatic N) is 1. The maximum absolute atomic E-state index is 12.5. The molecule has 0 unspecified atom stereocenters. The van der Waals surface area contributed by atoms with Crippen molar-refractivity contribution < 1.29 is 9.59 Å². The van der Waals surface area contributed by atoms with E-state index >= 15 is 0 Å². The van der Waals surface area contributed by atoms with Crippen LogP contribution in [0.4, 0.5) is 10.8 Å². The van der Waals surface area contributed by atoms with Crippen LogP contribution in [0.25, 0.3) is 0 Å². The summed E-state index contributed by atoms with van der Waals surface area (Å²) in [6, 6.07) is 3.77. The molecule has 1 aromatic heterocycles. The fourth-order valence-corrected chi connectivity index (χ4v) is 3.52. The maximum Gasteiger partial charge on any atom is 0.267 e. The van der Waals surface area contributed by atoms with E-state index in [0.29, 0.717) is 26.6 Å². The van der Waals surface area contributed by atoms with Crippen molar-refractivity contribution in [2.45, 2.75) is 33.2 Å². The quantitative estimate of drug-likeness (QED) is 0.653. The molecule has 0 spiro atoms. The number of hydrogen-bond acceptors (Lipinski definition) is 5. The van der Waals surface area contributed by atoms with Gasteiger partial charge in [0.1, 0.15) is 4.88 Å². The molecule has 2 rings (SSSR count). The lowest BCUT2D eigenvalue weighted by Crippen LogP contribution is -2.19. The second-order valence-electron chi connectivity index (χ2n) is 5.66. The first-order valence-corrected chi connectivity index (χ1v) is 9.52. The zero-order valence-electron chi connectivity index (χ0n) is 14.6. The summed E-state index contributed by atoms with van der Waals surface area (Å²) in [5.41, 5.74) is 1.92. The topological polar surface area (TPSA) is 83.1 Å². The fraction of sp³-hybridized carbons (Fsp3) is 0.353. The molecule has 2 amide bonds. The lowest BCUT2D eigenvalue weighted by molar-refractivity contribution is 0.0960. The Labute approximate surface area is 159 Å². The molecule has 0 saturated carbocycles. The highest BCUT2D eigenvalue weighted by Gasteiger charge is 2.16. The van der Waals surface area contributed by atoms with Gasteiger partial charge >= 0.3 is 0 Å². The van der Waals surface area contributed by atoms with Crippen molar-refractivity contribution in [2.75, 3.05) is 17.7 Å².